The highest BCUT2D eigenvalue weighted by Crippen LogP contribution is 2.19. The lowest BCUT2D eigenvalue weighted by Gasteiger charge is -2.23. The van der Waals surface area contributed by atoms with E-state index in [0.717, 1.165) is 31.8 Å². The van der Waals surface area contributed by atoms with E-state index in [1.165, 1.54) is 0 Å². The molecule has 0 aromatic carbocycles. The first-order valence-electron chi connectivity index (χ1n) is 8.55. The second-order valence-corrected chi connectivity index (χ2v) is 6.71. The van der Waals surface area contributed by atoms with Crippen molar-refractivity contribution in [3.8, 4) is 0 Å². The molecule has 1 fully saturated rings. The third-order valence-electron chi connectivity index (χ3n) is 4.46. The van der Waals surface area contributed by atoms with E-state index >= 15 is 0 Å². The van der Waals surface area contributed by atoms with E-state index in [2.05, 4.69) is 34.1 Å². The van der Waals surface area contributed by atoms with Crippen LogP contribution in [0.15, 0.2) is 9.57 Å². The quantitative estimate of drug-likeness (QED) is 0.822. The van der Waals surface area contributed by atoms with Gasteiger partial charge in [-0.15, -0.1) is 10.2 Å². The number of nitrogens with zero attached hydrogens (tertiary/aromatic N) is 5. The van der Waals surface area contributed by atoms with Crippen molar-refractivity contribution in [2.75, 3.05) is 26.2 Å². The van der Waals surface area contributed by atoms with Gasteiger partial charge in [0.1, 0.15) is 0 Å². The Morgan fingerprint density at radius 2 is 2.08 bits per heavy atom. The van der Waals surface area contributed by atoms with Gasteiger partial charge in [-0.3, -0.25) is 9.69 Å². The van der Waals surface area contributed by atoms with Gasteiger partial charge in [-0.2, -0.15) is 0 Å². The molecule has 1 aromatic heterocycles. The van der Waals surface area contributed by atoms with Crippen LogP contribution in [0, 0.1) is 12.8 Å². The summed E-state index contributed by atoms with van der Waals surface area (Å²) >= 11 is 0. The van der Waals surface area contributed by atoms with Crippen molar-refractivity contribution in [3.63, 3.8) is 0 Å². The normalized spacial score (nSPS) is 22.4. The number of oxime groups is 1. The largest absolute Gasteiger partial charge is 0.424 e. The molecule has 1 unspecified atom stereocenters. The van der Waals surface area contributed by atoms with Crippen molar-refractivity contribution < 1.29 is 14.0 Å². The number of carbonyl (C=O) groups is 1. The number of rotatable bonds is 4. The van der Waals surface area contributed by atoms with Gasteiger partial charge in [0.25, 0.3) is 5.91 Å². The molecule has 1 atom stereocenters. The smallest absolute Gasteiger partial charge is 0.266 e. The zero-order valence-corrected chi connectivity index (χ0v) is 14.6. The molecule has 3 rings (SSSR count). The Kier molecular flexibility index (Phi) is 5.13. The fourth-order valence-electron chi connectivity index (χ4n) is 3.02. The first-order chi connectivity index (χ1) is 11.5. The maximum atomic E-state index is 12.7. The van der Waals surface area contributed by atoms with Crippen molar-refractivity contribution in [1.82, 2.24) is 20.0 Å². The summed E-state index contributed by atoms with van der Waals surface area (Å²) in [7, 11) is 0. The number of amides is 1. The summed E-state index contributed by atoms with van der Waals surface area (Å²) in [5.74, 6) is 1.57. The van der Waals surface area contributed by atoms with Crippen LogP contribution >= 0.6 is 0 Å². The number of carbonyl (C=O) groups excluding carboxylic acids is 1. The lowest BCUT2D eigenvalue weighted by molar-refractivity contribution is -0.141. The molecule has 8 nitrogen and oxygen atoms in total. The average Bonchev–Trinajstić information content (AvgIpc) is 3.12. The maximum absolute atomic E-state index is 12.7. The molecule has 0 radical (unpaired) electrons. The molecule has 8 heteroatoms. The molecule has 2 aliphatic rings. The zero-order valence-electron chi connectivity index (χ0n) is 14.6. The number of hydrogen-bond acceptors (Lipinski definition) is 7. The average molecular weight is 335 g/mol. The fraction of sp³-hybridized carbons (Fsp3) is 0.750. The van der Waals surface area contributed by atoms with Crippen LogP contribution in [0.2, 0.25) is 0 Å². The summed E-state index contributed by atoms with van der Waals surface area (Å²) in [5.41, 5.74) is 0.969. The molecule has 1 aromatic rings. The fourth-order valence-corrected chi connectivity index (χ4v) is 3.02. The molecule has 0 bridgehead atoms. The zero-order chi connectivity index (χ0) is 17.1. The molecular formula is C16H25N5O3. The Morgan fingerprint density at radius 1 is 1.25 bits per heavy atom. The molecule has 3 heterocycles. The van der Waals surface area contributed by atoms with Crippen LogP contribution in [0.5, 0.6) is 0 Å². The van der Waals surface area contributed by atoms with Crippen LogP contribution in [0.3, 0.4) is 0 Å². The van der Waals surface area contributed by atoms with Gasteiger partial charge in [-0.05, 0) is 12.3 Å². The summed E-state index contributed by atoms with van der Waals surface area (Å²) in [6.07, 6.45) is 1.08. The molecule has 132 valence electrons. The van der Waals surface area contributed by atoms with Crippen molar-refractivity contribution in [1.29, 1.82) is 0 Å². The van der Waals surface area contributed by atoms with Gasteiger partial charge in [0, 0.05) is 39.5 Å². The summed E-state index contributed by atoms with van der Waals surface area (Å²) < 4.78 is 5.44. The van der Waals surface area contributed by atoms with Gasteiger partial charge in [0.15, 0.2) is 0 Å². The first-order valence-corrected chi connectivity index (χ1v) is 8.55. The number of aryl methyl sites for hydroxylation is 1. The molecular weight excluding hydrogens is 310 g/mol. The Bertz CT molecular complexity index is 613. The maximum Gasteiger partial charge on any atom is 0.266 e. The molecule has 0 N–H and O–H groups in total. The summed E-state index contributed by atoms with van der Waals surface area (Å²) in [4.78, 5) is 22.1. The highest BCUT2D eigenvalue weighted by Gasteiger charge is 2.33. The lowest BCUT2D eigenvalue weighted by atomic mass is 10.0. The van der Waals surface area contributed by atoms with E-state index < -0.39 is 6.10 Å². The van der Waals surface area contributed by atoms with E-state index in [-0.39, 0.29) is 5.91 Å². The van der Waals surface area contributed by atoms with Crippen molar-refractivity contribution in [2.45, 2.75) is 46.3 Å². The monoisotopic (exact) mass is 335 g/mol. The molecule has 24 heavy (non-hydrogen) atoms. The van der Waals surface area contributed by atoms with E-state index in [0.29, 0.717) is 37.2 Å². The first kappa shape index (κ1) is 16.9. The second kappa shape index (κ2) is 7.29. The Hall–Kier alpha value is -1.96. The Balaban J connectivity index is 1.51. The molecule has 0 spiro atoms. The SMILES string of the molecule is Cc1nnc(CN2CCCN(C(=O)C3CC(C(C)C)=NO3)CC2)o1. The van der Waals surface area contributed by atoms with Gasteiger partial charge in [-0.1, -0.05) is 19.0 Å². The molecule has 0 saturated carbocycles. The van der Waals surface area contributed by atoms with Crippen LogP contribution in [0.1, 0.15) is 38.5 Å². The van der Waals surface area contributed by atoms with Crippen molar-refractivity contribution in [3.05, 3.63) is 11.8 Å². The summed E-state index contributed by atoms with van der Waals surface area (Å²) in [6, 6.07) is 0. The van der Waals surface area contributed by atoms with E-state index in [4.69, 9.17) is 9.25 Å². The van der Waals surface area contributed by atoms with E-state index in [9.17, 15) is 4.79 Å². The predicted octanol–water partition coefficient (Wildman–Crippen LogP) is 1.21. The minimum Gasteiger partial charge on any atom is -0.424 e. The topological polar surface area (TPSA) is 84.1 Å². The van der Waals surface area contributed by atoms with Crippen LogP contribution in [0.4, 0.5) is 0 Å². The Labute approximate surface area is 141 Å². The van der Waals surface area contributed by atoms with Crippen LogP contribution in [0.25, 0.3) is 0 Å². The lowest BCUT2D eigenvalue weighted by Crippen LogP contribution is -2.41. The van der Waals surface area contributed by atoms with Gasteiger partial charge in [-0.25, -0.2) is 0 Å². The molecule has 1 amide bonds. The van der Waals surface area contributed by atoms with Gasteiger partial charge in [0.2, 0.25) is 17.9 Å². The summed E-state index contributed by atoms with van der Waals surface area (Å²) in [6.45, 7) is 9.67. The Morgan fingerprint density at radius 3 is 2.75 bits per heavy atom. The van der Waals surface area contributed by atoms with Gasteiger partial charge >= 0.3 is 0 Å². The van der Waals surface area contributed by atoms with Crippen molar-refractivity contribution in [2.24, 2.45) is 11.1 Å². The third kappa shape index (κ3) is 3.92. The van der Waals surface area contributed by atoms with Gasteiger partial charge < -0.3 is 14.2 Å². The molecule has 1 saturated heterocycles. The molecule has 0 aliphatic carbocycles. The highest BCUT2D eigenvalue weighted by molar-refractivity contribution is 5.93. The number of aromatic nitrogens is 2. The van der Waals surface area contributed by atoms with Crippen LogP contribution < -0.4 is 0 Å². The predicted molar refractivity (Wildman–Crippen MR) is 87.3 cm³/mol. The standard InChI is InChI=1S/C16H25N5O3/c1-11(2)13-9-14(24-19-13)16(22)21-6-4-5-20(7-8-21)10-15-18-17-12(3)23-15/h11,14H,4-10H2,1-3H3. The highest BCUT2D eigenvalue weighted by atomic mass is 16.6. The summed E-state index contributed by atoms with van der Waals surface area (Å²) in [5, 5.41) is 12.0. The third-order valence-corrected chi connectivity index (χ3v) is 4.46. The second-order valence-electron chi connectivity index (χ2n) is 6.71. The van der Waals surface area contributed by atoms with Crippen LogP contribution in [-0.2, 0) is 16.2 Å². The van der Waals surface area contributed by atoms with E-state index in [1.54, 1.807) is 6.92 Å². The minimum absolute atomic E-state index is 0.0462. The van der Waals surface area contributed by atoms with Crippen molar-refractivity contribution >= 4 is 11.6 Å². The van der Waals surface area contributed by atoms with Crippen LogP contribution in [-0.4, -0.2) is 63.9 Å². The van der Waals surface area contributed by atoms with E-state index in [1.807, 2.05) is 4.90 Å². The van der Waals surface area contributed by atoms with Gasteiger partial charge in [0.05, 0.1) is 12.3 Å². The molecule has 2 aliphatic heterocycles. The number of hydrogen-bond donors (Lipinski definition) is 0. The minimum atomic E-state index is -0.451.